The second-order valence-corrected chi connectivity index (χ2v) is 28.7. The average molecular weight is 1700 g/mol. The van der Waals surface area contributed by atoms with Crippen LogP contribution in [0, 0.1) is 0 Å². The van der Waals surface area contributed by atoms with Crippen LogP contribution >= 0.6 is 0 Å². The van der Waals surface area contributed by atoms with Crippen LogP contribution in [0.2, 0.25) is 0 Å². The van der Waals surface area contributed by atoms with Gasteiger partial charge in [-0.3, -0.25) is 38.4 Å². The molecule has 8 N–H and O–H groups in total. The molecule has 2 aliphatic heterocycles. The number of rotatable bonds is 26. The maximum Gasteiger partial charge on any atom is 0.346 e. The summed E-state index contributed by atoms with van der Waals surface area (Å²) in [4.78, 5) is 216. The molecule has 0 unspecified atom stereocenters. The molecule has 0 radical (unpaired) electrons. The van der Waals surface area contributed by atoms with E-state index in [0.29, 0.717) is 29.7 Å². The van der Waals surface area contributed by atoms with Gasteiger partial charge in [-0.15, -0.1) is 0 Å². The third kappa shape index (κ3) is 20.2. The molecule has 14 aromatic rings. The SMILES string of the molecule is CNc1ccc(Cc2ccc(CC(=O)c3cc(C(=O)Nc4ccc(Cc5ccc(CC(=O)c6cc(C(=O)c7ccc(C(=O)O)c(C(C)=O)c7)ccc6OC=O)cc5)cc4)c(C(=O)O)cc3OC=O)cc2)cc1.Nc1ccc(Cc2ccc(N)cc2)cc1.O=C(c1ccc2c(c1)C(=O)OC2=O)c1ccc2c(c1)C(=O)OC2=O.O=c1oc(=O)c2cc3c(=O)oc(=O)c3cc12. The average Bonchev–Trinajstić information content (AvgIpc) is 1.61. The Bertz CT molecular complexity index is 6830. The third-order valence-electron chi connectivity index (χ3n) is 20.3. The van der Waals surface area contributed by atoms with Crippen molar-refractivity contribution < 1.29 is 105 Å². The number of cyclic esters (lactones) is 4. The molecule has 0 spiro atoms. The summed E-state index contributed by atoms with van der Waals surface area (Å²) >= 11 is 0. The number of nitrogens with one attached hydrogen (secondary N) is 2. The first-order chi connectivity index (χ1) is 60.9. The number of anilines is 4. The highest BCUT2D eigenvalue weighted by molar-refractivity contribution is 6.20. The highest BCUT2D eigenvalue weighted by Gasteiger charge is 2.34. The molecule has 30 heteroatoms. The number of hydrogen-bond donors (Lipinski definition) is 6. The zero-order chi connectivity index (χ0) is 90.6. The molecule has 0 saturated heterocycles. The number of amides is 1. The lowest BCUT2D eigenvalue weighted by atomic mass is 9.94. The fourth-order valence-corrected chi connectivity index (χ4v) is 13.8. The van der Waals surface area contributed by atoms with Gasteiger partial charge in [0.1, 0.15) is 11.5 Å². The van der Waals surface area contributed by atoms with Crippen molar-refractivity contribution in [2.45, 2.75) is 39.0 Å². The minimum atomic E-state index is -1.48. The van der Waals surface area contributed by atoms with Gasteiger partial charge in [0, 0.05) is 70.5 Å². The van der Waals surface area contributed by atoms with Crippen LogP contribution in [-0.2, 0) is 51.2 Å². The number of nitrogens with two attached hydrogens (primary N) is 2. The third-order valence-corrected chi connectivity index (χ3v) is 20.3. The first-order valence-electron chi connectivity index (χ1n) is 38.2. The van der Waals surface area contributed by atoms with Gasteiger partial charge in [0.15, 0.2) is 28.9 Å². The van der Waals surface area contributed by atoms with Crippen molar-refractivity contribution in [1.82, 2.24) is 0 Å². The predicted molar refractivity (Wildman–Crippen MR) is 459 cm³/mol. The number of nitrogen functional groups attached to an aromatic ring is 2. The van der Waals surface area contributed by atoms with Gasteiger partial charge in [-0.1, -0.05) is 115 Å². The molecule has 0 bridgehead atoms. The Kier molecular flexibility index (Phi) is 26.0. The summed E-state index contributed by atoms with van der Waals surface area (Å²) in [6.45, 7) is 1.41. The van der Waals surface area contributed by atoms with Crippen molar-refractivity contribution in [3.05, 3.63) is 407 Å². The van der Waals surface area contributed by atoms with Crippen LogP contribution in [0.5, 0.6) is 11.5 Å². The Balaban J connectivity index is 0.000000197. The second kappa shape index (κ2) is 37.9. The van der Waals surface area contributed by atoms with Crippen LogP contribution in [0.25, 0.3) is 21.5 Å². The van der Waals surface area contributed by atoms with E-state index < -0.39 is 98.7 Å². The van der Waals surface area contributed by atoms with E-state index in [1.807, 2.05) is 104 Å². The number of Topliss-reactive ketones (excluding diaryl/α,β-unsaturated/α-hetero) is 3. The quantitative estimate of drug-likeness (QED) is 0.00964. The highest BCUT2D eigenvalue weighted by atomic mass is 16.6. The molecular formula is C97H66N4O26. The number of carboxylic acids is 2. The van der Waals surface area contributed by atoms with Crippen molar-refractivity contribution in [2.24, 2.45) is 0 Å². The van der Waals surface area contributed by atoms with Gasteiger partial charge in [-0.05, 0) is 198 Å². The Morgan fingerprint density at radius 1 is 0.346 bits per heavy atom. The lowest BCUT2D eigenvalue weighted by Gasteiger charge is -2.14. The van der Waals surface area contributed by atoms with Gasteiger partial charge >= 0.3 is 58.3 Å². The number of carbonyl (C=O) groups is 14. The van der Waals surface area contributed by atoms with E-state index in [-0.39, 0.29) is 131 Å². The number of benzene rings is 12. The predicted octanol–water partition coefficient (Wildman–Crippen LogP) is 12.4. The zero-order valence-corrected chi connectivity index (χ0v) is 66.6. The summed E-state index contributed by atoms with van der Waals surface area (Å²) in [5.74, 6) is -9.73. The summed E-state index contributed by atoms with van der Waals surface area (Å²) < 4.78 is 27.7. The molecular weight excluding hydrogens is 1640 g/mol. The van der Waals surface area contributed by atoms with E-state index >= 15 is 0 Å². The molecule has 0 fully saturated rings. The second-order valence-electron chi connectivity index (χ2n) is 28.7. The summed E-state index contributed by atoms with van der Waals surface area (Å²) in [5.41, 5.74) is 17.7. The van der Waals surface area contributed by atoms with Crippen molar-refractivity contribution >= 4 is 128 Å². The normalized spacial score (nSPS) is 11.5. The summed E-state index contributed by atoms with van der Waals surface area (Å²) in [6.07, 6.45) is 1.79. The number of aromatic carboxylic acids is 2. The molecule has 30 nitrogen and oxygen atoms in total. The van der Waals surface area contributed by atoms with Gasteiger partial charge in [0.2, 0.25) is 0 Å². The summed E-state index contributed by atoms with van der Waals surface area (Å²) in [7, 11) is 1.85. The fraction of sp³-hybridized carbons (Fsp3) is 0.0722. The highest BCUT2D eigenvalue weighted by Crippen LogP contribution is 2.32. The van der Waals surface area contributed by atoms with Gasteiger partial charge in [-0.2, -0.15) is 0 Å². The molecule has 12 aromatic carbocycles. The van der Waals surface area contributed by atoms with E-state index in [2.05, 4.69) is 28.9 Å². The molecule has 0 aliphatic carbocycles. The Morgan fingerprint density at radius 3 is 1.08 bits per heavy atom. The van der Waals surface area contributed by atoms with Crippen LogP contribution < -0.4 is 54.1 Å². The number of fused-ring (bicyclic) bond motifs is 4. The monoisotopic (exact) mass is 1700 g/mol. The number of hydrogen-bond acceptors (Lipinski definition) is 27. The molecule has 2 aromatic heterocycles. The largest absolute Gasteiger partial charge is 0.478 e. The Labute approximate surface area is 715 Å². The maximum atomic E-state index is 13.7. The van der Waals surface area contributed by atoms with Gasteiger partial charge in [-0.25, -0.2) is 47.9 Å². The van der Waals surface area contributed by atoms with Crippen molar-refractivity contribution in [1.29, 1.82) is 0 Å². The van der Waals surface area contributed by atoms with E-state index in [9.17, 15) is 96.5 Å². The van der Waals surface area contributed by atoms with Crippen molar-refractivity contribution in [2.75, 3.05) is 29.1 Å². The first kappa shape index (κ1) is 87.1. The minimum Gasteiger partial charge on any atom is -0.478 e. The molecule has 0 atom stereocenters. The van der Waals surface area contributed by atoms with Crippen LogP contribution in [0.4, 0.5) is 22.7 Å². The van der Waals surface area contributed by atoms with Crippen LogP contribution in [0.1, 0.15) is 187 Å². The first-order valence-corrected chi connectivity index (χ1v) is 38.2. The van der Waals surface area contributed by atoms with Crippen molar-refractivity contribution in [3.8, 4) is 11.5 Å². The summed E-state index contributed by atoms with van der Waals surface area (Å²) in [6, 6.07) is 65.1. The minimum absolute atomic E-state index is 0.0154. The zero-order valence-electron chi connectivity index (χ0n) is 66.6. The van der Waals surface area contributed by atoms with Crippen LogP contribution in [0.15, 0.2) is 271 Å². The lowest BCUT2D eigenvalue weighted by Crippen LogP contribution is -2.19. The molecule has 1 amide bonds. The number of esters is 4. The molecule has 4 heterocycles. The number of carboxylic acid groups (broad SMARTS) is 2. The maximum absolute atomic E-state index is 13.7. The van der Waals surface area contributed by atoms with E-state index in [1.165, 1.54) is 84.8 Å². The smallest absolute Gasteiger partial charge is 0.346 e. The molecule has 2 aliphatic rings. The molecule has 127 heavy (non-hydrogen) atoms. The van der Waals surface area contributed by atoms with Crippen LogP contribution in [0.3, 0.4) is 0 Å². The Hall–Kier alpha value is -17.7. The van der Waals surface area contributed by atoms with E-state index in [1.54, 1.807) is 48.5 Å². The van der Waals surface area contributed by atoms with Gasteiger partial charge < -0.3 is 60.1 Å². The topological polar surface area (TPSA) is 487 Å². The lowest BCUT2D eigenvalue weighted by molar-refractivity contribution is -0.121. The van der Waals surface area contributed by atoms with E-state index in [0.717, 1.165) is 76.1 Å². The molecule has 0 saturated carbocycles. The number of ether oxygens (including phenoxy) is 4. The van der Waals surface area contributed by atoms with Crippen LogP contribution in [-0.4, -0.2) is 101 Å². The molecule has 16 rings (SSSR count). The number of furan rings is 2. The molecule has 630 valence electrons. The summed E-state index contributed by atoms with van der Waals surface area (Å²) in [5, 5.41) is 25.2. The van der Waals surface area contributed by atoms with Gasteiger partial charge in [0.05, 0.1) is 71.6 Å². The fourth-order valence-electron chi connectivity index (χ4n) is 13.8. The van der Waals surface area contributed by atoms with Crippen molar-refractivity contribution in [3.63, 3.8) is 0 Å². The van der Waals surface area contributed by atoms with E-state index in [4.69, 9.17) is 20.9 Å². The van der Waals surface area contributed by atoms with Gasteiger partial charge in [0.25, 0.3) is 18.9 Å². The standard InChI is InChI=1S/C57H44N2O13.C17H6O7.C13H14N2.C10H2O6/c1-33(62)45-27-40(15-21-44(45)56(67)68)54(65)41-16-22-52(71-31-60)48(28-41)50(63)25-38-7-3-35(4-8-38)24-37-13-19-43(20-14-37)59-55(66)46-29-49(53(72-32-61)30-47(46)57(69)70)51(64)26-39-9-5-34(6-10-39)23-36-11-17-42(58-2)18-12-36;18-13(7-1-3-9-11(5-7)16(21)23-14(9)19)8-2-4-10-12(6-8)17(22)24-15(10)20;14-12-5-1-10(2-6-12)9-11-3-7-13(15)8-4-11;11-7-3-1-4-6(10(14)16-8(4)12)2-5(3)9(13)15-7/h3-22,27-32,58H,23-26H2,1-2H3,(H,59,66)(H,67,68)(H,69,70);1-6H;1-8H,9,14-15H2;1-2H. The number of ketones is 5. The number of carbonyl (C=O) groups excluding carboxylic acids is 12. The Morgan fingerprint density at radius 2 is 0.685 bits per heavy atom.